The Kier molecular flexibility index (Phi) is 3.47. The molecule has 0 bridgehead atoms. The van der Waals surface area contributed by atoms with Gasteiger partial charge in [-0.15, -0.1) is 0 Å². The van der Waals surface area contributed by atoms with Crippen LogP contribution in [0.15, 0.2) is 12.8 Å². The predicted molar refractivity (Wildman–Crippen MR) is 69.7 cm³/mol. The van der Waals surface area contributed by atoms with Gasteiger partial charge in [-0.3, -0.25) is 0 Å². The topological polar surface area (TPSA) is 47.3 Å². The van der Waals surface area contributed by atoms with Gasteiger partial charge in [0.05, 0.1) is 12.5 Å². The molecule has 3 heterocycles. The predicted octanol–water partition coefficient (Wildman–Crippen LogP) is 3.11. The van der Waals surface area contributed by atoms with E-state index in [0.717, 1.165) is 6.42 Å². The Morgan fingerprint density at radius 3 is 2.81 bits per heavy atom. The Labute approximate surface area is 120 Å². The molecule has 0 aliphatic carbocycles. The average Bonchev–Trinajstić information content (AvgIpc) is 3.05. The molecule has 2 aliphatic rings. The third-order valence-corrected chi connectivity index (χ3v) is 4.39. The molecule has 1 fully saturated rings. The molecule has 3 rings (SSSR count). The minimum atomic E-state index is -4.23. The average molecular weight is 302 g/mol. The van der Waals surface area contributed by atoms with Crippen molar-refractivity contribution in [1.29, 1.82) is 0 Å². The van der Waals surface area contributed by atoms with Crippen molar-refractivity contribution >= 4 is 5.76 Å². The van der Waals surface area contributed by atoms with Gasteiger partial charge in [-0.2, -0.15) is 13.2 Å². The molecule has 0 amide bonds. The minimum Gasteiger partial charge on any atom is -0.506 e. The van der Waals surface area contributed by atoms with Crippen molar-refractivity contribution in [3.63, 3.8) is 0 Å². The smallest absolute Gasteiger partial charge is 0.393 e. The number of nitrogens with zero attached hydrogens (tertiary/aromatic N) is 2. The van der Waals surface area contributed by atoms with Gasteiger partial charge in [0.15, 0.2) is 0 Å². The van der Waals surface area contributed by atoms with Crippen LogP contribution in [-0.4, -0.2) is 34.0 Å². The first-order valence-corrected chi connectivity index (χ1v) is 6.96. The zero-order valence-corrected chi connectivity index (χ0v) is 11.4. The van der Waals surface area contributed by atoms with E-state index in [4.69, 9.17) is 4.74 Å². The molecule has 1 N–H and O–H groups in total. The molecule has 0 saturated carbocycles. The number of fused-ring (bicyclic) bond motifs is 1. The van der Waals surface area contributed by atoms with Crippen molar-refractivity contribution in [2.45, 2.75) is 31.5 Å². The lowest BCUT2D eigenvalue weighted by Gasteiger charge is -2.33. The molecule has 4 nitrogen and oxygen atoms in total. The first kappa shape index (κ1) is 14.4. The van der Waals surface area contributed by atoms with Gasteiger partial charge in [0.1, 0.15) is 17.3 Å². The molecule has 1 aromatic heterocycles. The van der Waals surface area contributed by atoms with E-state index in [2.05, 4.69) is 11.6 Å². The van der Waals surface area contributed by atoms with Crippen LogP contribution in [0.1, 0.15) is 30.3 Å². The molecule has 116 valence electrons. The molecule has 0 aromatic carbocycles. The Bertz CT molecular complexity index is 547. The molecular formula is C14H17F3N2O2. The first-order valence-electron chi connectivity index (χ1n) is 6.96. The fraction of sp³-hybridized carbons (Fsp3) is 0.643. The minimum absolute atomic E-state index is 0.0336. The Morgan fingerprint density at radius 2 is 2.24 bits per heavy atom. The van der Waals surface area contributed by atoms with Crippen LogP contribution in [0.4, 0.5) is 13.2 Å². The number of hydrogen-bond donors (Lipinski definition) is 1. The lowest BCUT2D eigenvalue weighted by molar-refractivity contribution is -0.185. The lowest BCUT2D eigenvalue weighted by atomic mass is 9.80. The fourth-order valence-electron chi connectivity index (χ4n) is 3.25. The number of alkyl halides is 3. The largest absolute Gasteiger partial charge is 0.506 e. The molecule has 0 spiro atoms. The van der Waals surface area contributed by atoms with Crippen molar-refractivity contribution in [3.05, 3.63) is 24.3 Å². The van der Waals surface area contributed by atoms with Gasteiger partial charge in [-0.1, -0.05) is 6.58 Å². The number of hydrogen-bond acceptors (Lipinski definition) is 3. The van der Waals surface area contributed by atoms with E-state index in [9.17, 15) is 18.3 Å². The lowest BCUT2D eigenvalue weighted by Crippen LogP contribution is -2.36. The van der Waals surface area contributed by atoms with E-state index in [1.807, 2.05) is 0 Å². The Balaban J connectivity index is 1.97. The standard InChI is InChI=1S/C14H17F3N2O2/c1-8(20)12-6-19-5-10(14(15,16)17)4-11(13(19)18-12)9-2-3-21-7-9/h6,9-11,20H,1-5,7H2. The van der Waals surface area contributed by atoms with Crippen molar-refractivity contribution < 1.29 is 23.0 Å². The number of ether oxygens (including phenoxy) is 1. The highest BCUT2D eigenvalue weighted by atomic mass is 19.4. The highest BCUT2D eigenvalue weighted by molar-refractivity contribution is 5.51. The maximum atomic E-state index is 13.1. The quantitative estimate of drug-likeness (QED) is 0.854. The number of rotatable bonds is 2. The highest BCUT2D eigenvalue weighted by Gasteiger charge is 2.46. The van der Waals surface area contributed by atoms with Crippen LogP contribution < -0.4 is 0 Å². The highest BCUT2D eigenvalue weighted by Crippen LogP contribution is 2.44. The normalized spacial score (nSPS) is 29.4. The van der Waals surface area contributed by atoms with Crippen LogP contribution in [0.3, 0.4) is 0 Å². The number of aromatic nitrogens is 2. The number of aliphatic hydroxyl groups excluding tert-OH is 1. The number of imidazole rings is 1. The van der Waals surface area contributed by atoms with E-state index in [1.54, 1.807) is 0 Å². The number of halogens is 3. The second-order valence-corrected chi connectivity index (χ2v) is 5.79. The molecule has 2 aliphatic heterocycles. The van der Waals surface area contributed by atoms with Crippen LogP contribution in [0.25, 0.3) is 5.76 Å². The van der Waals surface area contributed by atoms with Crippen molar-refractivity contribution in [2.75, 3.05) is 13.2 Å². The van der Waals surface area contributed by atoms with Gasteiger partial charge in [0, 0.05) is 25.3 Å². The molecule has 1 saturated heterocycles. The van der Waals surface area contributed by atoms with Crippen LogP contribution >= 0.6 is 0 Å². The summed E-state index contributed by atoms with van der Waals surface area (Å²) in [5, 5.41) is 9.43. The van der Waals surface area contributed by atoms with Gasteiger partial charge in [0.2, 0.25) is 0 Å². The van der Waals surface area contributed by atoms with Crippen LogP contribution in [-0.2, 0) is 11.3 Å². The van der Waals surface area contributed by atoms with Gasteiger partial charge < -0.3 is 14.4 Å². The molecule has 21 heavy (non-hydrogen) atoms. The molecule has 0 radical (unpaired) electrons. The Morgan fingerprint density at radius 1 is 1.48 bits per heavy atom. The fourth-order valence-corrected chi connectivity index (χ4v) is 3.25. The first-order chi connectivity index (χ1) is 9.86. The zero-order chi connectivity index (χ0) is 15.2. The van der Waals surface area contributed by atoms with E-state index < -0.39 is 12.1 Å². The summed E-state index contributed by atoms with van der Waals surface area (Å²) < 4.78 is 46.2. The van der Waals surface area contributed by atoms with Gasteiger partial charge in [-0.25, -0.2) is 4.98 Å². The maximum Gasteiger partial charge on any atom is 0.393 e. The van der Waals surface area contributed by atoms with E-state index in [0.29, 0.717) is 19.0 Å². The second-order valence-electron chi connectivity index (χ2n) is 5.79. The molecule has 3 unspecified atom stereocenters. The summed E-state index contributed by atoms with van der Waals surface area (Å²) >= 11 is 0. The van der Waals surface area contributed by atoms with Crippen LogP contribution in [0, 0.1) is 11.8 Å². The summed E-state index contributed by atoms with van der Waals surface area (Å²) in [5.74, 6) is -1.24. The summed E-state index contributed by atoms with van der Waals surface area (Å²) in [6.45, 7) is 4.29. The van der Waals surface area contributed by atoms with Crippen molar-refractivity contribution in [1.82, 2.24) is 9.55 Å². The number of aliphatic hydroxyl groups is 1. The summed E-state index contributed by atoms with van der Waals surface area (Å²) in [4.78, 5) is 4.28. The monoisotopic (exact) mass is 302 g/mol. The Hall–Kier alpha value is -1.50. The zero-order valence-electron chi connectivity index (χ0n) is 11.4. The second kappa shape index (κ2) is 5.05. The van der Waals surface area contributed by atoms with Gasteiger partial charge >= 0.3 is 6.18 Å². The van der Waals surface area contributed by atoms with E-state index >= 15 is 0 Å². The third kappa shape index (κ3) is 2.66. The summed E-state index contributed by atoms with van der Waals surface area (Å²) in [7, 11) is 0. The molecule has 1 aromatic rings. The van der Waals surface area contributed by atoms with E-state index in [1.165, 1.54) is 10.8 Å². The summed E-state index contributed by atoms with van der Waals surface area (Å²) in [6.07, 6.45) is -1.99. The molecule has 3 atom stereocenters. The summed E-state index contributed by atoms with van der Waals surface area (Å²) in [5.41, 5.74) is 0.247. The molecule has 7 heteroatoms. The van der Waals surface area contributed by atoms with Crippen LogP contribution in [0.5, 0.6) is 0 Å². The van der Waals surface area contributed by atoms with Crippen molar-refractivity contribution in [3.8, 4) is 0 Å². The maximum absolute atomic E-state index is 13.1. The van der Waals surface area contributed by atoms with E-state index in [-0.39, 0.29) is 36.3 Å². The SMILES string of the molecule is C=C(O)c1cn2c(n1)C(C1CCOC1)CC(C(F)(F)F)C2. The third-order valence-electron chi connectivity index (χ3n) is 4.39. The molecular weight excluding hydrogens is 285 g/mol. The van der Waals surface area contributed by atoms with Gasteiger partial charge in [-0.05, 0) is 18.8 Å². The van der Waals surface area contributed by atoms with Crippen molar-refractivity contribution in [2.24, 2.45) is 11.8 Å². The van der Waals surface area contributed by atoms with Gasteiger partial charge in [0.25, 0.3) is 0 Å². The summed E-state index contributed by atoms with van der Waals surface area (Å²) in [6, 6.07) is 0. The van der Waals surface area contributed by atoms with Crippen LogP contribution in [0.2, 0.25) is 0 Å².